The van der Waals surface area contributed by atoms with Crippen LogP contribution >= 0.6 is 0 Å². The molecule has 37 heavy (non-hydrogen) atoms. The van der Waals surface area contributed by atoms with E-state index in [0.29, 0.717) is 12.8 Å². The van der Waals surface area contributed by atoms with Crippen molar-refractivity contribution in [2.75, 3.05) is 13.2 Å². The highest BCUT2D eigenvalue weighted by molar-refractivity contribution is 5.90. The predicted molar refractivity (Wildman–Crippen MR) is 125 cm³/mol. The van der Waals surface area contributed by atoms with Crippen molar-refractivity contribution < 1.29 is 35.9 Å². The molecule has 4 atom stereocenters. The smallest absolute Gasteiger partial charge is 0.376 e. The number of piperidine rings is 1. The van der Waals surface area contributed by atoms with E-state index in [1.165, 1.54) is 6.92 Å². The largest absolute Gasteiger partial charge is 0.416 e. The van der Waals surface area contributed by atoms with Crippen LogP contribution in [0.5, 0.6) is 0 Å². The van der Waals surface area contributed by atoms with Gasteiger partial charge in [0, 0.05) is 18.0 Å². The third-order valence-corrected chi connectivity index (χ3v) is 7.51. The minimum Gasteiger partial charge on any atom is -0.376 e. The van der Waals surface area contributed by atoms with Gasteiger partial charge in [-0.1, -0.05) is 36.4 Å². The maximum Gasteiger partial charge on any atom is 0.416 e. The standard InChI is InChI=1S/C26H31F6N3O2/c1-16(17-11-19(25(27,28)29)13-20(12-17)26(30,31)32)37-15-24(18-7-5-4-6-8-18)10-9-23(14-33-24)21(36)34-22(2,3)35-23/h4-8,11,13,16-17,33,35H,9-10,12,14-15H2,1-3H3,(H,34,36)/t16-,17?,23+,24-/m1/s1. The monoisotopic (exact) mass is 531 g/mol. The lowest BCUT2D eigenvalue weighted by atomic mass is 9.76. The van der Waals surface area contributed by atoms with Crippen molar-refractivity contribution in [3.8, 4) is 0 Å². The summed E-state index contributed by atoms with van der Waals surface area (Å²) >= 11 is 0. The molecule has 3 N–H and O–H groups in total. The number of amides is 1. The van der Waals surface area contributed by atoms with Gasteiger partial charge in [-0.15, -0.1) is 0 Å². The number of ether oxygens (including phenoxy) is 1. The van der Waals surface area contributed by atoms with E-state index in [1.807, 2.05) is 44.2 Å². The Morgan fingerprint density at radius 2 is 1.73 bits per heavy atom. The fourth-order valence-electron chi connectivity index (χ4n) is 5.43. The topological polar surface area (TPSA) is 62.4 Å². The van der Waals surface area contributed by atoms with Crippen molar-refractivity contribution in [3.63, 3.8) is 0 Å². The SMILES string of the molecule is C[C@@H](OC[C@@]1(c2ccccc2)CC[C@@]2(CN1)NC(C)(C)NC2=O)C1C=C(C(F)(F)F)C=C(C(F)(F)F)C1. The molecule has 4 rings (SSSR count). The summed E-state index contributed by atoms with van der Waals surface area (Å²) in [6.07, 6.45) is -9.36. The Labute approximate surface area is 211 Å². The van der Waals surface area contributed by atoms with Gasteiger partial charge in [0.1, 0.15) is 5.54 Å². The van der Waals surface area contributed by atoms with E-state index in [4.69, 9.17) is 4.74 Å². The highest BCUT2D eigenvalue weighted by Crippen LogP contribution is 2.42. The molecule has 2 fully saturated rings. The number of nitrogens with one attached hydrogen (secondary N) is 3. The van der Waals surface area contributed by atoms with Gasteiger partial charge in [-0.05, 0) is 51.7 Å². The minimum absolute atomic E-state index is 0.00995. The predicted octanol–water partition coefficient (Wildman–Crippen LogP) is 4.86. The van der Waals surface area contributed by atoms with Gasteiger partial charge < -0.3 is 15.4 Å². The molecular weight excluding hydrogens is 500 g/mol. The molecule has 1 unspecified atom stereocenters. The number of halogens is 6. The zero-order valence-corrected chi connectivity index (χ0v) is 20.8. The first kappa shape index (κ1) is 27.7. The lowest BCUT2D eigenvalue weighted by Gasteiger charge is -2.46. The van der Waals surface area contributed by atoms with Crippen molar-refractivity contribution >= 4 is 5.91 Å². The fraction of sp³-hybridized carbons (Fsp3) is 0.577. The number of hydrogen-bond donors (Lipinski definition) is 3. The van der Waals surface area contributed by atoms with Crippen LogP contribution < -0.4 is 16.0 Å². The number of benzene rings is 1. The molecule has 0 aromatic heterocycles. The number of allylic oxidation sites excluding steroid dienone is 3. The van der Waals surface area contributed by atoms with Crippen LogP contribution in [0.25, 0.3) is 0 Å². The van der Waals surface area contributed by atoms with Crippen molar-refractivity contribution in [1.82, 2.24) is 16.0 Å². The Morgan fingerprint density at radius 1 is 1.05 bits per heavy atom. The first-order valence-corrected chi connectivity index (χ1v) is 12.2. The fourth-order valence-corrected chi connectivity index (χ4v) is 5.43. The normalized spacial score (nSPS) is 31.1. The molecule has 1 amide bonds. The second-order valence-corrected chi connectivity index (χ2v) is 10.8. The van der Waals surface area contributed by atoms with Crippen LogP contribution in [-0.2, 0) is 15.1 Å². The summed E-state index contributed by atoms with van der Waals surface area (Å²) in [6, 6.07) is 9.30. The van der Waals surface area contributed by atoms with E-state index >= 15 is 0 Å². The molecule has 1 spiro atoms. The van der Waals surface area contributed by atoms with Gasteiger partial charge in [0.15, 0.2) is 0 Å². The molecule has 1 aliphatic carbocycles. The lowest BCUT2D eigenvalue weighted by Crippen LogP contribution is -2.65. The summed E-state index contributed by atoms with van der Waals surface area (Å²) in [4.78, 5) is 12.8. The number of carbonyl (C=O) groups excluding carboxylic acids is 1. The van der Waals surface area contributed by atoms with E-state index in [0.717, 1.165) is 11.6 Å². The molecule has 1 aromatic rings. The van der Waals surface area contributed by atoms with Gasteiger partial charge in [-0.3, -0.25) is 10.1 Å². The zero-order valence-electron chi connectivity index (χ0n) is 20.8. The maximum atomic E-state index is 13.4. The van der Waals surface area contributed by atoms with Crippen LogP contribution in [0.2, 0.25) is 0 Å². The number of hydrogen-bond acceptors (Lipinski definition) is 4. The summed E-state index contributed by atoms with van der Waals surface area (Å²) < 4.78 is 86.2. The van der Waals surface area contributed by atoms with Crippen LogP contribution in [0.1, 0.15) is 45.6 Å². The zero-order chi connectivity index (χ0) is 27.3. The van der Waals surface area contributed by atoms with Crippen LogP contribution in [-0.4, -0.2) is 48.7 Å². The maximum absolute atomic E-state index is 13.4. The molecule has 2 aliphatic heterocycles. The van der Waals surface area contributed by atoms with E-state index < -0.39 is 58.7 Å². The van der Waals surface area contributed by atoms with Crippen LogP contribution in [0.3, 0.4) is 0 Å². The van der Waals surface area contributed by atoms with Crippen LogP contribution in [0.4, 0.5) is 26.3 Å². The first-order valence-electron chi connectivity index (χ1n) is 12.2. The summed E-state index contributed by atoms with van der Waals surface area (Å²) in [7, 11) is 0. The molecule has 0 bridgehead atoms. The molecule has 2 saturated heterocycles. The average Bonchev–Trinajstić information content (AvgIpc) is 3.05. The van der Waals surface area contributed by atoms with Crippen molar-refractivity contribution in [2.24, 2.45) is 5.92 Å². The van der Waals surface area contributed by atoms with Gasteiger partial charge in [-0.25, -0.2) is 0 Å². The molecule has 5 nitrogen and oxygen atoms in total. The highest BCUT2D eigenvalue weighted by atomic mass is 19.4. The molecule has 2 heterocycles. The molecule has 0 radical (unpaired) electrons. The van der Waals surface area contributed by atoms with Gasteiger partial charge in [-0.2, -0.15) is 26.3 Å². The summed E-state index contributed by atoms with van der Waals surface area (Å²) in [5.41, 5.74) is -3.86. The molecule has 3 aliphatic rings. The highest BCUT2D eigenvalue weighted by Gasteiger charge is 2.54. The number of carbonyl (C=O) groups is 1. The second kappa shape index (κ2) is 9.43. The van der Waals surface area contributed by atoms with Gasteiger partial charge in [0.2, 0.25) is 5.91 Å². The van der Waals surface area contributed by atoms with E-state index in [2.05, 4.69) is 16.0 Å². The summed E-state index contributed by atoms with van der Waals surface area (Å²) in [6.45, 7) is 5.50. The van der Waals surface area contributed by atoms with E-state index in [-0.39, 0.29) is 25.1 Å². The summed E-state index contributed by atoms with van der Waals surface area (Å²) in [5, 5.41) is 9.72. The summed E-state index contributed by atoms with van der Waals surface area (Å²) in [5.74, 6) is -1.23. The molecule has 1 aromatic carbocycles. The molecule has 204 valence electrons. The number of rotatable bonds is 5. The van der Waals surface area contributed by atoms with Crippen molar-refractivity contribution in [1.29, 1.82) is 0 Å². The van der Waals surface area contributed by atoms with Gasteiger partial charge in [0.05, 0.1) is 29.5 Å². The lowest BCUT2D eigenvalue weighted by molar-refractivity contribution is -0.126. The minimum atomic E-state index is -4.90. The second-order valence-electron chi connectivity index (χ2n) is 10.8. The van der Waals surface area contributed by atoms with E-state index in [9.17, 15) is 31.1 Å². The Balaban J connectivity index is 1.54. The van der Waals surface area contributed by atoms with Gasteiger partial charge in [0.25, 0.3) is 0 Å². The third kappa shape index (κ3) is 5.73. The Morgan fingerprint density at radius 3 is 2.24 bits per heavy atom. The van der Waals surface area contributed by atoms with Crippen molar-refractivity contribution in [2.45, 2.75) is 75.2 Å². The van der Waals surface area contributed by atoms with Crippen LogP contribution in [0, 0.1) is 5.92 Å². The Kier molecular flexibility index (Phi) is 7.05. The van der Waals surface area contributed by atoms with Gasteiger partial charge >= 0.3 is 12.4 Å². The third-order valence-electron chi connectivity index (χ3n) is 7.51. The molecule has 11 heteroatoms. The number of alkyl halides is 6. The van der Waals surface area contributed by atoms with E-state index in [1.54, 1.807) is 0 Å². The Bertz CT molecular complexity index is 1070. The van der Waals surface area contributed by atoms with Crippen LogP contribution in [0.15, 0.2) is 53.6 Å². The average molecular weight is 532 g/mol. The van der Waals surface area contributed by atoms with Crippen molar-refractivity contribution in [3.05, 3.63) is 59.2 Å². The Hall–Kier alpha value is -2.37. The molecular formula is C26H31F6N3O2. The molecule has 0 saturated carbocycles. The quantitative estimate of drug-likeness (QED) is 0.475. The first-order chi connectivity index (χ1) is 17.1.